The van der Waals surface area contributed by atoms with Gasteiger partial charge in [0.2, 0.25) is 0 Å². The zero-order valence-electron chi connectivity index (χ0n) is 11.3. The lowest BCUT2D eigenvalue weighted by molar-refractivity contribution is -0.385. The maximum Gasteiger partial charge on any atom is 0.291 e. The number of benzene rings is 1. The first-order valence-electron chi connectivity index (χ1n) is 6.27. The topological polar surface area (TPSA) is 68.1 Å². The molecular formula is C14H13BrFN3O2. The molecule has 1 N–H and O–H groups in total. The summed E-state index contributed by atoms with van der Waals surface area (Å²) in [6.45, 7) is 2.12. The second-order valence-electron chi connectivity index (χ2n) is 4.46. The van der Waals surface area contributed by atoms with Gasteiger partial charge in [0.1, 0.15) is 17.8 Å². The molecule has 0 aliphatic rings. The van der Waals surface area contributed by atoms with Gasteiger partial charge in [0.25, 0.3) is 5.69 Å². The van der Waals surface area contributed by atoms with E-state index in [-0.39, 0.29) is 11.5 Å². The number of rotatable bonds is 5. The van der Waals surface area contributed by atoms with Crippen LogP contribution in [-0.2, 0) is 6.42 Å². The standard InChI is InChI=1S/C14H13BrFN3O2/c1-9-12(19(20)21)8-18-14(13(9)15)17-7-6-10-4-2-3-5-11(10)16/h2-5,8H,6-7H2,1H3,(H,17,18). The van der Waals surface area contributed by atoms with Crippen molar-refractivity contribution in [3.63, 3.8) is 0 Å². The third-order valence-electron chi connectivity index (χ3n) is 3.08. The molecule has 5 nitrogen and oxygen atoms in total. The molecule has 7 heteroatoms. The summed E-state index contributed by atoms with van der Waals surface area (Å²) < 4.78 is 14.0. The minimum absolute atomic E-state index is 0.0403. The molecule has 0 fully saturated rings. The first-order chi connectivity index (χ1) is 10.0. The third-order valence-corrected chi connectivity index (χ3v) is 4.05. The van der Waals surface area contributed by atoms with Crippen molar-refractivity contribution in [1.29, 1.82) is 0 Å². The number of nitrogens with one attached hydrogen (secondary N) is 1. The lowest BCUT2D eigenvalue weighted by Crippen LogP contribution is -2.09. The Morgan fingerprint density at radius 2 is 2.14 bits per heavy atom. The molecular weight excluding hydrogens is 341 g/mol. The molecule has 0 aliphatic carbocycles. The van der Waals surface area contributed by atoms with Crippen LogP contribution in [0.5, 0.6) is 0 Å². The van der Waals surface area contributed by atoms with Gasteiger partial charge in [-0.1, -0.05) is 18.2 Å². The van der Waals surface area contributed by atoms with Crippen LogP contribution in [0.2, 0.25) is 0 Å². The highest BCUT2D eigenvalue weighted by atomic mass is 79.9. The zero-order chi connectivity index (χ0) is 15.4. The molecule has 0 unspecified atom stereocenters. The smallest absolute Gasteiger partial charge is 0.291 e. The predicted octanol–water partition coefficient (Wildman–Crippen LogP) is 3.85. The highest BCUT2D eigenvalue weighted by Gasteiger charge is 2.16. The molecule has 0 amide bonds. The Morgan fingerprint density at radius 1 is 1.43 bits per heavy atom. The molecule has 0 saturated heterocycles. The Morgan fingerprint density at radius 3 is 2.81 bits per heavy atom. The largest absolute Gasteiger partial charge is 0.369 e. The number of nitro groups is 1. The van der Waals surface area contributed by atoms with Gasteiger partial charge in [0.05, 0.1) is 9.40 Å². The van der Waals surface area contributed by atoms with Crippen LogP contribution in [0.25, 0.3) is 0 Å². The molecule has 1 aromatic carbocycles. The van der Waals surface area contributed by atoms with Gasteiger partial charge in [0.15, 0.2) is 0 Å². The van der Waals surface area contributed by atoms with E-state index in [2.05, 4.69) is 26.2 Å². The van der Waals surface area contributed by atoms with Gasteiger partial charge in [-0.15, -0.1) is 0 Å². The number of hydrogen-bond acceptors (Lipinski definition) is 4. The van der Waals surface area contributed by atoms with Gasteiger partial charge in [-0.25, -0.2) is 9.37 Å². The molecule has 21 heavy (non-hydrogen) atoms. The molecule has 0 aliphatic heterocycles. The molecule has 0 spiro atoms. The van der Waals surface area contributed by atoms with E-state index in [0.29, 0.717) is 34.4 Å². The molecule has 2 rings (SSSR count). The minimum Gasteiger partial charge on any atom is -0.369 e. The van der Waals surface area contributed by atoms with Crippen molar-refractivity contribution in [2.24, 2.45) is 0 Å². The molecule has 0 saturated carbocycles. The Kier molecular flexibility index (Phi) is 4.85. The van der Waals surface area contributed by atoms with E-state index in [1.807, 2.05) is 0 Å². The summed E-state index contributed by atoms with van der Waals surface area (Å²) in [6, 6.07) is 6.56. The van der Waals surface area contributed by atoms with Gasteiger partial charge in [-0.05, 0) is 40.9 Å². The Balaban J connectivity index is 2.06. The Labute approximate surface area is 129 Å². The zero-order valence-corrected chi connectivity index (χ0v) is 12.9. The van der Waals surface area contributed by atoms with Crippen molar-refractivity contribution in [3.8, 4) is 0 Å². The Hall–Kier alpha value is -2.02. The maximum atomic E-state index is 13.5. The van der Waals surface area contributed by atoms with E-state index in [1.54, 1.807) is 25.1 Å². The van der Waals surface area contributed by atoms with Crippen LogP contribution < -0.4 is 5.32 Å². The quantitative estimate of drug-likeness (QED) is 0.654. The second kappa shape index (κ2) is 6.62. The van der Waals surface area contributed by atoms with Crippen molar-refractivity contribution >= 4 is 27.4 Å². The van der Waals surface area contributed by atoms with E-state index < -0.39 is 4.92 Å². The van der Waals surface area contributed by atoms with Crippen LogP contribution in [0.4, 0.5) is 15.9 Å². The monoisotopic (exact) mass is 353 g/mol. The van der Waals surface area contributed by atoms with Crippen LogP contribution >= 0.6 is 15.9 Å². The molecule has 0 radical (unpaired) electrons. The number of nitrogens with zero attached hydrogens (tertiary/aromatic N) is 2. The first-order valence-corrected chi connectivity index (χ1v) is 7.06. The molecule has 0 bridgehead atoms. The summed E-state index contributed by atoms with van der Waals surface area (Å²) in [5, 5.41) is 13.9. The highest BCUT2D eigenvalue weighted by molar-refractivity contribution is 9.10. The summed E-state index contributed by atoms with van der Waals surface area (Å²) in [5.74, 6) is 0.264. The average Bonchev–Trinajstić information content (AvgIpc) is 2.45. The lowest BCUT2D eigenvalue weighted by Gasteiger charge is -2.10. The highest BCUT2D eigenvalue weighted by Crippen LogP contribution is 2.30. The third kappa shape index (κ3) is 3.55. The van der Waals surface area contributed by atoms with Crippen LogP contribution in [0.1, 0.15) is 11.1 Å². The first kappa shape index (κ1) is 15.4. The van der Waals surface area contributed by atoms with Crippen molar-refractivity contribution in [2.75, 3.05) is 11.9 Å². The van der Waals surface area contributed by atoms with Crippen molar-refractivity contribution < 1.29 is 9.31 Å². The van der Waals surface area contributed by atoms with E-state index in [1.165, 1.54) is 12.3 Å². The fraction of sp³-hybridized carbons (Fsp3) is 0.214. The summed E-state index contributed by atoms with van der Waals surface area (Å²) >= 11 is 3.30. The maximum absolute atomic E-state index is 13.5. The van der Waals surface area contributed by atoms with Gasteiger partial charge < -0.3 is 5.32 Å². The van der Waals surface area contributed by atoms with E-state index in [4.69, 9.17) is 0 Å². The number of aromatic nitrogens is 1. The van der Waals surface area contributed by atoms with Crippen molar-refractivity contribution in [3.05, 3.63) is 62.0 Å². The molecule has 110 valence electrons. The number of hydrogen-bond donors (Lipinski definition) is 1. The fourth-order valence-corrected chi connectivity index (χ4v) is 2.34. The summed E-state index contributed by atoms with van der Waals surface area (Å²) in [7, 11) is 0. The second-order valence-corrected chi connectivity index (χ2v) is 5.25. The summed E-state index contributed by atoms with van der Waals surface area (Å²) in [4.78, 5) is 14.3. The van der Waals surface area contributed by atoms with E-state index in [0.717, 1.165) is 0 Å². The molecule has 1 aromatic heterocycles. The lowest BCUT2D eigenvalue weighted by atomic mass is 10.1. The van der Waals surface area contributed by atoms with Crippen LogP contribution in [0, 0.1) is 22.9 Å². The molecule has 0 atom stereocenters. The summed E-state index contributed by atoms with van der Waals surface area (Å²) in [6.07, 6.45) is 1.71. The number of anilines is 1. The van der Waals surface area contributed by atoms with Crippen molar-refractivity contribution in [1.82, 2.24) is 4.98 Å². The normalized spacial score (nSPS) is 10.4. The van der Waals surface area contributed by atoms with Gasteiger partial charge in [-0.2, -0.15) is 0 Å². The van der Waals surface area contributed by atoms with Crippen molar-refractivity contribution in [2.45, 2.75) is 13.3 Å². The average molecular weight is 354 g/mol. The van der Waals surface area contributed by atoms with Gasteiger partial charge in [-0.3, -0.25) is 10.1 Å². The van der Waals surface area contributed by atoms with Crippen LogP contribution in [-0.4, -0.2) is 16.5 Å². The number of pyridine rings is 1. The molecule has 1 heterocycles. The van der Waals surface area contributed by atoms with E-state index in [9.17, 15) is 14.5 Å². The summed E-state index contributed by atoms with van der Waals surface area (Å²) in [5.41, 5.74) is 1.07. The van der Waals surface area contributed by atoms with Crippen LogP contribution in [0.3, 0.4) is 0 Å². The fourth-order valence-electron chi connectivity index (χ4n) is 1.89. The van der Waals surface area contributed by atoms with Gasteiger partial charge in [0, 0.05) is 12.1 Å². The Bertz CT molecular complexity index is 679. The predicted molar refractivity (Wildman–Crippen MR) is 81.9 cm³/mol. The number of halogens is 2. The minimum atomic E-state index is -0.476. The van der Waals surface area contributed by atoms with Crippen LogP contribution in [0.15, 0.2) is 34.9 Å². The molecule has 2 aromatic rings. The SMILES string of the molecule is Cc1c([N+](=O)[O-])cnc(NCCc2ccccc2F)c1Br. The van der Waals surface area contributed by atoms with E-state index >= 15 is 0 Å². The van der Waals surface area contributed by atoms with Gasteiger partial charge >= 0.3 is 0 Å².